The van der Waals surface area contributed by atoms with Crippen LogP contribution in [0, 0.1) is 0 Å². The van der Waals surface area contributed by atoms with Crippen molar-refractivity contribution in [3.8, 4) is 0 Å². The first-order chi connectivity index (χ1) is 7.70. The number of aliphatic hydroxyl groups is 1. The molecule has 0 saturated heterocycles. The van der Waals surface area contributed by atoms with Crippen LogP contribution in [-0.2, 0) is 5.41 Å². The summed E-state index contributed by atoms with van der Waals surface area (Å²) in [7, 11) is 0. The van der Waals surface area contributed by atoms with E-state index >= 15 is 0 Å². The molecule has 1 saturated carbocycles. The molecule has 3 rings (SSSR count). The Bertz CT molecular complexity index is 413. The van der Waals surface area contributed by atoms with Gasteiger partial charge in [-0.25, -0.2) is 4.98 Å². The Morgan fingerprint density at radius 2 is 2.19 bits per heavy atom. The number of fused-ring (bicyclic) bond motifs is 2. The number of hydrogen-bond donors (Lipinski definition) is 2. The summed E-state index contributed by atoms with van der Waals surface area (Å²) in [4.78, 5) is 4.41. The predicted molar refractivity (Wildman–Crippen MR) is 66.6 cm³/mol. The largest absolute Gasteiger partial charge is 0.393 e. The van der Waals surface area contributed by atoms with Gasteiger partial charge in [0.1, 0.15) is 5.82 Å². The van der Waals surface area contributed by atoms with Crippen molar-refractivity contribution in [3.63, 3.8) is 0 Å². The van der Waals surface area contributed by atoms with Crippen molar-refractivity contribution in [2.24, 2.45) is 0 Å². The summed E-state index contributed by atoms with van der Waals surface area (Å²) in [6.07, 6.45) is 5.68. The third-order valence-corrected chi connectivity index (χ3v) is 4.37. The quantitative estimate of drug-likeness (QED) is 0.768. The summed E-state index contributed by atoms with van der Waals surface area (Å²) in [5, 5.41) is 13.0. The van der Waals surface area contributed by atoms with Crippen molar-refractivity contribution in [2.75, 3.05) is 11.9 Å². The van der Waals surface area contributed by atoms with Crippen molar-refractivity contribution in [1.29, 1.82) is 0 Å². The minimum Gasteiger partial charge on any atom is -0.393 e. The van der Waals surface area contributed by atoms with Gasteiger partial charge in [0.05, 0.1) is 6.10 Å². The Morgan fingerprint density at radius 1 is 1.44 bits per heavy atom. The summed E-state index contributed by atoms with van der Waals surface area (Å²) in [5.74, 6) is 1.03. The first-order valence-corrected chi connectivity index (χ1v) is 6.57. The second-order valence-corrected chi connectivity index (χ2v) is 5.83. The molecule has 4 heteroatoms. The minimum absolute atomic E-state index is 0.102. The highest BCUT2D eigenvalue weighted by Crippen LogP contribution is 2.46. The van der Waals surface area contributed by atoms with Gasteiger partial charge in [-0.15, -0.1) is 0 Å². The molecule has 1 aliphatic heterocycles. The smallest absolute Gasteiger partial charge is 0.129 e. The number of aliphatic hydroxyl groups excluding tert-OH is 1. The SMILES string of the molecule is O[C@H]1CC[C@@]2(CC1)CNc1ncc(Br)cc12. The van der Waals surface area contributed by atoms with Crippen LogP contribution >= 0.6 is 15.9 Å². The van der Waals surface area contributed by atoms with Crippen LogP contribution in [0.15, 0.2) is 16.7 Å². The third-order valence-electron chi connectivity index (χ3n) is 3.93. The number of halogens is 1. The van der Waals surface area contributed by atoms with E-state index in [1.54, 1.807) is 0 Å². The molecule has 1 aromatic rings. The van der Waals surface area contributed by atoms with Crippen molar-refractivity contribution in [3.05, 3.63) is 22.3 Å². The van der Waals surface area contributed by atoms with Gasteiger partial charge >= 0.3 is 0 Å². The average Bonchev–Trinajstić information content (AvgIpc) is 2.62. The molecule has 1 spiro atoms. The van der Waals surface area contributed by atoms with E-state index in [1.807, 2.05) is 6.20 Å². The fourth-order valence-electron chi connectivity index (χ4n) is 2.93. The van der Waals surface area contributed by atoms with Gasteiger partial charge in [0.15, 0.2) is 0 Å². The Hall–Kier alpha value is -0.610. The summed E-state index contributed by atoms with van der Waals surface area (Å²) in [5.41, 5.74) is 1.54. The Kier molecular flexibility index (Phi) is 2.44. The standard InChI is InChI=1S/C12H15BrN2O/c13-8-5-10-11(14-6-8)15-7-12(10)3-1-9(16)2-4-12/h5-6,9,16H,1-4,7H2,(H,14,15)/t9-,12+. The van der Waals surface area contributed by atoms with Gasteiger partial charge in [-0.2, -0.15) is 0 Å². The van der Waals surface area contributed by atoms with Gasteiger partial charge in [-0.3, -0.25) is 0 Å². The Labute approximate surface area is 103 Å². The van der Waals surface area contributed by atoms with Crippen LogP contribution in [0.5, 0.6) is 0 Å². The van der Waals surface area contributed by atoms with E-state index in [0.29, 0.717) is 0 Å². The molecule has 1 aliphatic carbocycles. The number of rotatable bonds is 0. The highest BCUT2D eigenvalue weighted by molar-refractivity contribution is 9.10. The molecule has 3 nitrogen and oxygen atoms in total. The van der Waals surface area contributed by atoms with Gasteiger partial charge in [-0.05, 0) is 47.7 Å². The lowest BCUT2D eigenvalue weighted by atomic mass is 9.70. The normalized spacial score (nSPS) is 32.5. The lowest BCUT2D eigenvalue weighted by Gasteiger charge is -2.35. The molecule has 0 aromatic carbocycles. The van der Waals surface area contributed by atoms with Gasteiger partial charge in [-0.1, -0.05) is 0 Å². The van der Waals surface area contributed by atoms with Crippen LogP contribution in [0.25, 0.3) is 0 Å². The van der Waals surface area contributed by atoms with E-state index in [2.05, 4.69) is 32.3 Å². The van der Waals surface area contributed by atoms with Crippen LogP contribution in [0.4, 0.5) is 5.82 Å². The van der Waals surface area contributed by atoms with Crippen molar-refractivity contribution in [1.82, 2.24) is 4.98 Å². The average molecular weight is 283 g/mol. The molecule has 2 N–H and O–H groups in total. The van der Waals surface area contributed by atoms with Crippen LogP contribution in [0.3, 0.4) is 0 Å². The number of hydrogen-bond acceptors (Lipinski definition) is 3. The maximum Gasteiger partial charge on any atom is 0.129 e. The second kappa shape index (κ2) is 3.70. The topological polar surface area (TPSA) is 45.1 Å². The molecule has 86 valence electrons. The number of nitrogens with one attached hydrogen (secondary N) is 1. The van der Waals surface area contributed by atoms with Crippen LogP contribution in [0.1, 0.15) is 31.2 Å². The zero-order valence-electron chi connectivity index (χ0n) is 9.04. The van der Waals surface area contributed by atoms with E-state index in [-0.39, 0.29) is 11.5 Å². The number of pyridine rings is 1. The van der Waals surface area contributed by atoms with Gasteiger partial charge in [0.25, 0.3) is 0 Å². The molecule has 0 unspecified atom stereocenters. The van der Waals surface area contributed by atoms with Gasteiger partial charge in [0, 0.05) is 28.2 Å². The first kappa shape index (κ1) is 10.5. The van der Waals surface area contributed by atoms with E-state index in [0.717, 1.165) is 42.5 Å². The predicted octanol–water partition coefficient (Wildman–Crippen LogP) is 2.44. The lowest BCUT2D eigenvalue weighted by molar-refractivity contribution is 0.101. The Balaban J connectivity index is 1.98. The monoisotopic (exact) mass is 282 g/mol. The van der Waals surface area contributed by atoms with Crippen LogP contribution < -0.4 is 5.32 Å². The minimum atomic E-state index is -0.102. The summed E-state index contributed by atoms with van der Waals surface area (Å²) < 4.78 is 1.04. The number of nitrogens with zero attached hydrogens (tertiary/aromatic N) is 1. The zero-order valence-corrected chi connectivity index (χ0v) is 10.6. The molecular formula is C12H15BrN2O. The fraction of sp³-hybridized carbons (Fsp3) is 0.583. The van der Waals surface area contributed by atoms with E-state index < -0.39 is 0 Å². The fourth-order valence-corrected chi connectivity index (χ4v) is 3.27. The van der Waals surface area contributed by atoms with E-state index in [4.69, 9.17) is 0 Å². The maximum absolute atomic E-state index is 9.61. The van der Waals surface area contributed by atoms with Gasteiger partial charge in [0.2, 0.25) is 0 Å². The molecule has 16 heavy (non-hydrogen) atoms. The van der Waals surface area contributed by atoms with Crippen molar-refractivity contribution < 1.29 is 5.11 Å². The van der Waals surface area contributed by atoms with Crippen molar-refractivity contribution in [2.45, 2.75) is 37.2 Å². The first-order valence-electron chi connectivity index (χ1n) is 5.78. The third kappa shape index (κ3) is 1.55. The van der Waals surface area contributed by atoms with E-state index in [9.17, 15) is 5.11 Å². The van der Waals surface area contributed by atoms with Crippen LogP contribution in [-0.4, -0.2) is 22.7 Å². The molecule has 2 heterocycles. The molecule has 0 bridgehead atoms. The summed E-state index contributed by atoms with van der Waals surface area (Å²) in [6, 6.07) is 2.18. The highest BCUT2D eigenvalue weighted by atomic mass is 79.9. The van der Waals surface area contributed by atoms with Gasteiger partial charge < -0.3 is 10.4 Å². The molecule has 0 radical (unpaired) electrons. The number of anilines is 1. The molecule has 0 atom stereocenters. The second-order valence-electron chi connectivity index (χ2n) is 4.91. The van der Waals surface area contributed by atoms with E-state index in [1.165, 1.54) is 5.56 Å². The molecule has 0 amide bonds. The summed E-state index contributed by atoms with van der Waals surface area (Å²) in [6.45, 7) is 0.971. The molecule has 2 aliphatic rings. The number of aromatic nitrogens is 1. The zero-order chi connectivity index (χ0) is 11.2. The molecule has 1 fully saturated rings. The summed E-state index contributed by atoms with van der Waals surface area (Å²) >= 11 is 3.49. The van der Waals surface area contributed by atoms with Crippen molar-refractivity contribution >= 4 is 21.7 Å². The van der Waals surface area contributed by atoms with Crippen LogP contribution in [0.2, 0.25) is 0 Å². The molecule has 1 aromatic heterocycles. The highest BCUT2D eigenvalue weighted by Gasteiger charge is 2.42. The lowest BCUT2D eigenvalue weighted by Crippen LogP contribution is -2.35. The molecular weight excluding hydrogens is 268 g/mol. The maximum atomic E-state index is 9.61. The Morgan fingerprint density at radius 3 is 2.94 bits per heavy atom.